The minimum absolute atomic E-state index is 0.120. The molecule has 0 spiro atoms. The third-order valence-electron chi connectivity index (χ3n) is 11.6. The van der Waals surface area contributed by atoms with Gasteiger partial charge in [0.2, 0.25) is 0 Å². The highest BCUT2D eigenvalue weighted by atomic mass is 31.2. The van der Waals surface area contributed by atoms with Crippen LogP contribution in [0.15, 0.2) is 36.7 Å². The Morgan fingerprint density at radius 2 is 1.53 bits per heavy atom. The number of unbranched alkanes of at least 4 members (excludes halogenated alkanes) is 16. The van der Waals surface area contributed by atoms with E-state index < -0.39 is 43.9 Å². The average Bonchev–Trinajstić information content (AvgIpc) is 3.75. The van der Waals surface area contributed by atoms with Crippen LogP contribution in [-0.4, -0.2) is 72.4 Å². The lowest BCUT2D eigenvalue weighted by atomic mass is 9.91. The van der Waals surface area contributed by atoms with Crippen LogP contribution in [0.1, 0.15) is 173 Å². The van der Waals surface area contributed by atoms with Gasteiger partial charge in [0.25, 0.3) is 0 Å². The van der Waals surface area contributed by atoms with Crippen molar-refractivity contribution in [3.8, 4) is 11.8 Å². The summed E-state index contributed by atoms with van der Waals surface area (Å²) in [6, 6.07) is 10.8. The monoisotopic (exact) mass is 858 g/mol. The summed E-state index contributed by atoms with van der Waals surface area (Å²) in [5.74, 6) is 0.702. The van der Waals surface area contributed by atoms with E-state index in [2.05, 4.69) is 23.1 Å². The second-order valence-corrected chi connectivity index (χ2v) is 18.3. The van der Waals surface area contributed by atoms with Crippen molar-refractivity contribution in [3.63, 3.8) is 0 Å². The molecule has 0 radical (unpaired) electrons. The number of nitrogens with two attached hydrogens (primary N) is 1. The van der Waals surface area contributed by atoms with Gasteiger partial charge in [0, 0.05) is 0 Å². The molecule has 0 bridgehead atoms. The molecule has 7 atom stereocenters. The highest BCUT2D eigenvalue weighted by Gasteiger charge is 2.57. The van der Waals surface area contributed by atoms with Crippen LogP contribution >= 0.6 is 7.82 Å². The Labute approximate surface area is 357 Å². The molecule has 3 aromatic rings. The van der Waals surface area contributed by atoms with Gasteiger partial charge in [-0.25, -0.2) is 14.1 Å². The summed E-state index contributed by atoms with van der Waals surface area (Å²) >= 11 is 0. The van der Waals surface area contributed by atoms with Crippen molar-refractivity contribution in [2.24, 2.45) is 0 Å². The smallest absolute Gasteiger partial charge is 0.472 e. The summed E-state index contributed by atoms with van der Waals surface area (Å²) in [7, 11) is -4.73. The molecule has 2 aromatic heterocycles. The van der Waals surface area contributed by atoms with Gasteiger partial charge in [0.05, 0.1) is 42.8 Å². The first-order chi connectivity index (χ1) is 28.8. The lowest BCUT2D eigenvalue weighted by Crippen LogP contribution is -2.49. The molecule has 5 N–H and O–H groups in total. The maximum Gasteiger partial charge on any atom is 0.472 e. The summed E-state index contributed by atoms with van der Waals surface area (Å²) in [5.41, 5.74) is 6.49. The average molecular weight is 858 g/mol. The minimum atomic E-state index is -4.73. The number of aliphatic hydroxyl groups is 2. The van der Waals surface area contributed by atoms with E-state index in [0.717, 1.165) is 24.8 Å². The first-order valence-corrected chi connectivity index (χ1v) is 23.9. The number of nitrogen functional groups attached to an aromatic ring is 1. The Balaban J connectivity index is 1.26. The Morgan fingerprint density at radius 3 is 2.12 bits per heavy atom. The van der Waals surface area contributed by atoms with E-state index in [1.807, 2.05) is 13.8 Å². The number of nitrogens with zero attached hydrogens (tertiary/aromatic N) is 4. The van der Waals surface area contributed by atoms with Crippen molar-refractivity contribution < 1.29 is 42.9 Å². The zero-order valence-corrected chi connectivity index (χ0v) is 37.6. The van der Waals surface area contributed by atoms with Gasteiger partial charge in [0.1, 0.15) is 47.6 Å². The second kappa shape index (κ2) is 25.1. The van der Waals surface area contributed by atoms with Crippen molar-refractivity contribution in [1.29, 1.82) is 5.26 Å². The van der Waals surface area contributed by atoms with E-state index in [4.69, 9.17) is 29.0 Å². The van der Waals surface area contributed by atoms with E-state index in [1.165, 1.54) is 115 Å². The molecule has 1 aliphatic heterocycles. The molecule has 0 saturated carbocycles. The molecule has 0 aliphatic carbocycles. The summed E-state index contributed by atoms with van der Waals surface area (Å²) in [6.45, 7) is 8.97. The number of phosphoric acid groups is 1. The van der Waals surface area contributed by atoms with Gasteiger partial charge in [-0.05, 0) is 63.9 Å². The van der Waals surface area contributed by atoms with E-state index in [-0.39, 0.29) is 25.1 Å². The molecule has 1 saturated heterocycles. The standard InChI is InChI=1S/C45H72N5O9P/c1-6-7-8-9-10-11-12-13-14-15-16-17-18-19-20-21-22-23-37(55-30-35-24-25-36(29-46)40(28-35)57-33(2)3)31-56-60(53,54)59-34(4)45(5)43(52)41(51)42(58-45)38-26-27-39-44(47)48-32-49-50(38)39/h24-28,32-34,37,41-43,51-52H,6-23,30-31H2,1-5H3,(H,53,54)(H2,47,48,49)/t34-,37+,41-,42-,43-,45+/m0/s1. The number of benzene rings is 1. The number of hydrogen-bond acceptors (Lipinski definition) is 12. The Bertz CT molecular complexity index is 1800. The van der Waals surface area contributed by atoms with Crippen molar-refractivity contribution in [2.75, 3.05) is 12.3 Å². The molecule has 1 fully saturated rings. The van der Waals surface area contributed by atoms with Crippen LogP contribution in [0.5, 0.6) is 5.75 Å². The van der Waals surface area contributed by atoms with Gasteiger partial charge in [-0.3, -0.25) is 9.05 Å². The zero-order valence-electron chi connectivity index (χ0n) is 36.7. The molecule has 1 unspecified atom stereocenters. The Morgan fingerprint density at radius 1 is 0.933 bits per heavy atom. The predicted molar refractivity (Wildman–Crippen MR) is 232 cm³/mol. The van der Waals surface area contributed by atoms with E-state index in [1.54, 1.807) is 30.3 Å². The fraction of sp³-hybridized carbons (Fsp3) is 0.711. The molecular weight excluding hydrogens is 785 g/mol. The topological polar surface area (TPSA) is 204 Å². The number of fused-ring (bicyclic) bond motifs is 1. The van der Waals surface area contributed by atoms with Crippen molar-refractivity contribution in [3.05, 3.63) is 53.5 Å². The number of phosphoric ester groups is 1. The summed E-state index contributed by atoms with van der Waals surface area (Å²) in [5, 5.41) is 36.0. The van der Waals surface area contributed by atoms with E-state index in [9.17, 15) is 24.9 Å². The lowest BCUT2D eigenvalue weighted by Gasteiger charge is -2.34. The second-order valence-electron chi connectivity index (χ2n) is 16.9. The van der Waals surface area contributed by atoms with Gasteiger partial charge in [-0.1, -0.05) is 122 Å². The Kier molecular flexibility index (Phi) is 20.7. The number of aromatic nitrogens is 3. The van der Waals surface area contributed by atoms with Crippen molar-refractivity contribution in [1.82, 2.24) is 14.6 Å². The van der Waals surface area contributed by atoms with Crippen LogP contribution in [0.25, 0.3) is 5.52 Å². The normalized spacial score (nSPS) is 21.3. The number of anilines is 1. The summed E-state index contributed by atoms with van der Waals surface area (Å²) in [6.07, 6.45) is 17.6. The van der Waals surface area contributed by atoms with Crippen LogP contribution in [0.2, 0.25) is 0 Å². The molecule has 1 aliphatic rings. The molecule has 14 nitrogen and oxygen atoms in total. The van der Waals surface area contributed by atoms with Gasteiger partial charge in [-0.2, -0.15) is 10.4 Å². The molecule has 15 heteroatoms. The van der Waals surface area contributed by atoms with Gasteiger partial charge < -0.3 is 35.1 Å². The van der Waals surface area contributed by atoms with Crippen LogP contribution in [-0.2, 0) is 29.7 Å². The van der Waals surface area contributed by atoms with Gasteiger partial charge in [0.15, 0.2) is 5.82 Å². The minimum Gasteiger partial charge on any atom is -0.490 e. The number of hydrogen-bond donors (Lipinski definition) is 4. The van der Waals surface area contributed by atoms with E-state index in [0.29, 0.717) is 28.9 Å². The fourth-order valence-electron chi connectivity index (χ4n) is 7.82. The number of nitriles is 1. The van der Waals surface area contributed by atoms with Crippen LogP contribution in [0.4, 0.5) is 5.82 Å². The summed E-state index contributed by atoms with van der Waals surface area (Å²) in [4.78, 5) is 14.9. The maximum atomic E-state index is 13.4. The zero-order chi connectivity index (χ0) is 43.5. The largest absolute Gasteiger partial charge is 0.490 e. The van der Waals surface area contributed by atoms with Crippen LogP contribution < -0.4 is 10.5 Å². The quantitative estimate of drug-likeness (QED) is 0.0365. The summed E-state index contributed by atoms with van der Waals surface area (Å²) < 4.78 is 44.3. The third kappa shape index (κ3) is 15.1. The van der Waals surface area contributed by atoms with E-state index >= 15 is 0 Å². The number of aliphatic hydroxyl groups excluding tert-OH is 2. The molecule has 0 amide bonds. The molecule has 60 heavy (non-hydrogen) atoms. The Hall–Kier alpha value is -3.12. The van der Waals surface area contributed by atoms with Crippen molar-refractivity contribution >= 4 is 19.2 Å². The maximum absolute atomic E-state index is 13.4. The van der Waals surface area contributed by atoms with Gasteiger partial charge >= 0.3 is 7.82 Å². The van der Waals surface area contributed by atoms with Crippen molar-refractivity contribution in [2.45, 2.75) is 199 Å². The number of rotatable bonds is 30. The molecule has 4 rings (SSSR count). The molecule has 3 heterocycles. The fourth-order valence-corrected chi connectivity index (χ4v) is 8.84. The first kappa shape index (κ1) is 49.5. The predicted octanol–water partition coefficient (Wildman–Crippen LogP) is 9.67. The third-order valence-corrected chi connectivity index (χ3v) is 12.6. The van der Waals surface area contributed by atoms with Gasteiger partial charge in [-0.15, -0.1) is 0 Å². The molecular formula is C45H72N5O9P. The molecule has 1 aromatic carbocycles. The molecule has 336 valence electrons. The first-order valence-electron chi connectivity index (χ1n) is 22.4. The highest BCUT2D eigenvalue weighted by molar-refractivity contribution is 7.47. The van der Waals surface area contributed by atoms with Crippen LogP contribution in [0.3, 0.4) is 0 Å². The SMILES string of the molecule is CCCCCCCCCCCCCCCCCCC[C@H](COP(=O)(O)O[C@@H](C)[C@@]1(C)O[C@@H](c2ccc3c(N)ncnn23)[C@H](O)[C@@H]1O)OCc1ccc(C#N)c(OC(C)C)c1. The highest BCUT2D eigenvalue weighted by Crippen LogP contribution is 2.50. The number of ether oxygens (including phenoxy) is 3. The van der Waals surface area contributed by atoms with Crippen LogP contribution in [0, 0.1) is 11.3 Å². The lowest BCUT2D eigenvalue weighted by molar-refractivity contribution is -0.133.